The first kappa shape index (κ1) is 13.0. The van der Waals surface area contributed by atoms with E-state index in [4.69, 9.17) is 10.5 Å². The Kier molecular flexibility index (Phi) is 5.33. The summed E-state index contributed by atoms with van der Waals surface area (Å²) >= 11 is 0. The van der Waals surface area contributed by atoms with Crippen LogP contribution in [0.1, 0.15) is 45.2 Å². The van der Waals surface area contributed by atoms with Gasteiger partial charge >= 0.3 is 0 Å². The molecule has 2 nitrogen and oxygen atoms in total. The Balaban J connectivity index is 2.51. The molecule has 1 aromatic rings. The number of nitrogens with two attached hydrogens (primary N) is 1. The van der Waals surface area contributed by atoms with Crippen molar-refractivity contribution < 1.29 is 4.74 Å². The maximum Gasteiger partial charge on any atom is 0.119 e. The van der Waals surface area contributed by atoms with Crippen molar-refractivity contribution in [3.8, 4) is 5.75 Å². The summed E-state index contributed by atoms with van der Waals surface area (Å²) in [6.45, 7) is 7.26. The molecule has 0 bridgehead atoms. The molecule has 1 unspecified atom stereocenters. The average molecular weight is 221 g/mol. The van der Waals surface area contributed by atoms with Crippen LogP contribution in [-0.2, 0) is 0 Å². The molecule has 0 aliphatic heterocycles. The van der Waals surface area contributed by atoms with E-state index < -0.39 is 0 Å². The van der Waals surface area contributed by atoms with Crippen molar-refractivity contribution in [2.24, 2.45) is 11.7 Å². The first-order valence-electron chi connectivity index (χ1n) is 6.15. The highest BCUT2D eigenvalue weighted by molar-refractivity contribution is 5.28. The highest BCUT2D eigenvalue weighted by Gasteiger charge is 2.04. The predicted molar refractivity (Wildman–Crippen MR) is 68.6 cm³/mol. The first-order valence-corrected chi connectivity index (χ1v) is 6.15. The van der Waals surface area contributed by atoms with Gasteiger partial charge in [0.05, 0.1) is 6.61 Å². The summed E-state index contributed by atoms with van der Waals surface area (Å²) in [4.78, 5) is 0. The van der Waals surface area contributed by atoms with Crippen LogP contribution in [0.4, 0.5) is 0 Å². The molecule has 90 valence electrons. The molecule has 0 radical (unpaired) electrons. The Labute approximate surface area is 98.8 Å². The standard InChI is InChI=1S/C14H23NO/c1-4-11(3)10-16-13-8-6-12(7-9-13)14(15)5-2/h6-9,11,14H,4-5,10,15H2,1-3H3/t11?,14-/m1/s1. The zero-order chi connectivity index (χ0) is 12.0. The lowest BCUT2D eigenvalue weighted by Crippen LogP contribution is -2.09. The molecule has 0 aliphatic rings. The summed E-state index contributed by atoms with van der Waals surface area (Å²) in [5.74, 6) is 1.55. The van der Waals surface area contributed by atoms with Gasteiger partial charge in [0.15, 0.2) is 0 Å². The van der Waals surface area contributed by atoms with Crippen LogP contribution in [0.25, 0.3) is 0 Å². The fourth-order valence-corrected chi connectivity index (χ4v) is 1.40. The first-order chi connectivity index (χ1) is 7.67. The minimum absolute atomic E-state index is 0.142. The Morgan fingerprint density at radius 1 is 1.12 bits per heavy atom. The van der Waals surface area contributed by atoms with Crippen molar-refractivity contribution in [1.82, 2.24) is 0 Å². The molecule has 0 heterocycles. The number of benzene rings is 1. The van der Waals surface area contributed by atoms with Crippen LogP contribution in [0.5, 0.6) is 5.75 Å². The van der Waals surface area contributed by atoms with Crippen LogP contribution >= 0.6 is 0 Å². The van der Waals surface area contributed by atoms with E-state index in [0.717, 1.165) is 25.2 Å². The lowest BCUT2D eigenvalue weighted by molar-refractivity contribution is 0.256. The molecule has 1 rings (SSSR count). The second kappa shape index (κ2) is 6.54. The third kappa shape index (κ3) is 3.86. The number of hydrogen-bond donors (Lipinski definition) is 1. The summed E-state index contributed by atoms with van der Waals surface area (Å²) in [5, 5.41) is 0. The topological polar surface area (TPSA) is 35.2 Å². The monoisotopic (exact) mass is 221 g/mol. The molecular formula is C14H23NO. The van der Waals surface area contributed by atoms with Crippen LogP contribution in [0.2, 0.25) is 0 Å². The van der Waals surface area contributed by atoms with Gasteiger partial charge in [-0.05, 0) is 30.0 Å². The van der Waals surface area contributed by atoms with Gasteiger partial charge in [0, 0.05) is 6.04 Å². The van der Waals surface area contributed by atoms with Crippen LogP contribution < -0.4 is 10.5 Å². The fraction of sp³-hybridized carbons (Fsp3) is 0.571. The van der Waals surface area contributed by atoms with Crippen molar-refractivity contribution in [3.63, 3.8) is 0 Å². The molecule has 1 aromatic carbocycles. The second-order valence-corrected chi connectivity index (χ2v) is 4.41. The minimum Gasteiger partial charge on any atom is -0.493 e. The van der Waals surface area contributed by atoms with Crippen molar-refractivity contribution in [1.29, 1.82) is 0 Å². The molecule has 2 heteroatoms. The van der Waals surface area contributed by atoms with Gasteiger partial charge in [-0.2, -0.15) is 0 Å². The largest absolute Gasteiger partial charge is 0.493 e. The minimum atomic E-state index is 0.142. The molecule has 0 amide bonds. The summed E-state index contributed by atoms with van der Waals surface area (Å²) in [6.07, 6.45) is 2.12. The normalized spacial score (nSPS) is 14.5. The zero-order valence-electron chi connectivity index (χ0n) is 10.6. The third-order valence-corrected chi connectivity index (χ3v) is 2.98. The summed E-state index contributed by atoms with van der Waals surface area (Å²) in [7, 11) is 0. The molecule has 2 atom stereocenters. The molecule has 2 N–H and O–H groups in total. The van der Waals surface area contributed by atoms with Crippen molar-refractivity contribution in [2.75, 3.05) is 6.61 Å². The fourth-order valence-electron chi connectivity index (χ4n) is 1.40. The van der Waals surface area contributed by atoms with Gasteiger partial charge < -0.3 is 10.5 Å². The van der Waals surface area contributed by atoms with Crippen LogP contribution in [0, 0.1) is 5.92 Å². The van der Waals surface area contributed by atoms with E-state index in [1.165, 1.54) is 5.56 Å². The van der Waals surface area contributed by atoms with Gasteiger partial charge in [0.1, 0.15) is 5.75 Å². The van der Waals surface area contributed by atoms with E-state index in [9.17, 15) is 0 Å². The summed E-state index contributed by atoms with van der Waals surface area (Å²) in [6, 6.07) is 8.27. The van der Waals surface area contributed by atoms with Crippen molar-refractivity contribution in [3.05, 3.63) is 29.8 Å². The van der Waals surface area contributed by atoms with Gasteiger partial charge in [0.2, 0.25) is 0 Å². The lowest BCUT2D eigenvalue weighted by atomic mass is 10.1. The lowest BCUT2D eigenvalue weighted by Gasteiger charge is -2.13. The van der Waals surface area contributed by atoms with E-state index in [2.05, 4.69) is 32.9 Å². The molecule has 0 aliphatic carbocycles. The van der Waals surface area contributed by atoms with E-state index in [-0.39, 0.29) is 6.04 Å². The van der Waals surface area contributed by atoms with Crippen LogP contribution in [0.3, 0.4) is 0 Å². The summed E-state index contributed by atoms with van der Waals surface area (Å²) < 4.78 is 5.69. The van der Waals surface area contributed by atoms with Crippen LogP contribution in [0.15, 0.2) is 24.3 Å². The van der Waals surface area contributed by atoms with Gasteiger partial charge in [-0.15, -0.1) is 0 Å². The Hall–Kier alpha value is -1.02. The van der Waals surface area contributed by atoms with Crippen molar-refractivity contribution in [2.45, 2.75) is 39.7 Å². The van der Waals surface area contributed by atoms with E-state index in [0.29, 0.717) is 5.92 Å². The Morgan fingerprint density at radius 3 is 2.25 bits per heavy atom. The molecule has 16 heavy (non-hydrogen) atoms. The number of rotatable bonds is 6. The van der Waals surface area contributed by atoms with Gasteiger partial charge in [0.25, 0.3) is 0 Å². The van der Waals surface area contributed by atoms with Crippen LogP contribution in [-0.4, -0.2) is 6.61 Å². The van der Waals surface area contributed by atoms with Gasteiger partial charge in [-0.3, -0.25) is 0 Å². The summed E-state index contributed by atoms with van der Waals surface area (Å²) in [5.41, 5.74) is 7.13. The van der Waals surface area contributed by atoms with Gasteiger partial charge in [-0.1, -0.05) is 39.3 Å². The molecule has 0 spiro atoms. The molecular weight excluding hydrogens is 198 g/mol. The molecule has 0 saturated carbocycles. The predicted octanol–water partition coefficient (Wildman–Crippen LogP) is 3.52. The van der Waals surface area contributed by atoms with Gasteiger partial charge in [-0.25, -0.2) is 0 Å². The highest BCUT2D eigenvalue weighted by atomic mass is 16.5. The molecule has 0 fully saturated rings. The number of ether oxygens (including phenoxy) is 1. The maximum absolute atomic E-state index is 5.95. The van der Waals surface area contributed by atoms with Crippen molar-refractivity contribution >= 4 is 0 Å². The smallest absolute Gasteiger partial charge is 0.119 e. The second-order valence-electron chi connectivity index (χ2n) is 4.41. The molecule has 0 aromatic heterocycles. The third-order valence-electron chi connectivity index (χ3n) is 2.98. The maximum atomic E-state index is 5.95. The SMILES string of the molecule is CCC(C)COc1ccc([C@H](N)CC)cc1. The Bertz CT molecular complexity index is 294. The number of hydrogen-bond acceptors (Lipinski definition) is 2. The van der Waals surface area contributed by atoms with E-state index in [1.807, 2.05) is 12.1 Å². The Morgan fingerprint density at radius 2 is 1.75 bits per heavy atom. The molecule has 0 saturated heterocycles. The average Bonchev–Trinajstić information content (AvgIpc) is 2.35. The quantitative estimate of drug-likeness (QED) is 0.797. The highest BCUT2D eigenvalue weighted by Crippen LogP contribution is 2.18. The van der Waals surface area contributed by atoms with E-state index in [1.54, 1.807) is 0 Å². The van der Waals surface area contributed by atoms with E-state index >= 15 is 0 Å². The zero-order valence-corrected chi connectivity index (χ0v) is 10.6.